The summed E-state index contributed by atoms with van der Waals surface area (Å²) in [6.45, 7) is 7.75. The molecule has 0 spiro atoms. The van der Waals surface area contributed by atoms with E-state index in [1.54, 1.807) is 12.1 Å². The fraction of sp³-hybridized carbons (Fsp3) is 0.348. The van der Waals surface area contributed by atoms with E-state index in [0.29, 0.717) is 29.7 Å². The van der Waals surface area contributed by atoms with E-state index in [4.69, 9.17) is 0 Å². The number of nitrogens with zero attached hydrogens (tertiary/aromatic N) is 2. The van der Waals surface area contributed by atoms with Crippen LogP contribution in [-0.2, 0) is 24.3 Å². The van der Waals surface area contributed by atoms with Crippen molar-refractivity contribution in [3.63, 3.8) is 0 Å². The van der Waals surface area contributed by atoms with Gasteiger partial charge in [-0.15, -0.1) is 0 Å². The van der Waals surface area contributed by atoms with E-state index < -0.39 is 0 Å². The largest absolute Gasteiger partial charge is 0.352 e. The van der Waals surface area contributed by atoms with Crippen LogP contribution in [0.3, 0.4) is 0 Å². The molecule has 1 heterocycles. The Labute approximate surface area is 171 Å². The SMILES string of the molecule is CCN(CC)Cc1cccc(CNC(=O)CCc2nc3ccccc3c(=O)[nH]2)c1. The zero-order valence-corrected chi connectivity index (χ0v) is 17.1. The Hall–Kier alpha value is -2.99. The third kappa shape index (κ3) is 5.74. The van der Waals surface area contributed by atoms with Crippen molar-refractivity contribution in [2.24, 2.45) is 0 Å². The maximum absolute atomic E-state index is 12.3. The Morgan fingerprint density at radius 1 is 1.07 bits per heavy atom. The van der Waals surface area contributed by atoms with Crippen LogP contribution in [0.25, 0.3) is 10.9 Å². The quantitative estimate of drug-likeness (QED) is 0.587. The third-order valence-corrected chi connectivity index (χ3v) is 5.03. The molecule has 152 valence electrons. The van der Waals surface area contributed by atoms with E-state index in [2.05, 4.69) is 46.2 Å². The molecule has 0 unspecified atom stereocenters. The second kappa shape index (κ2) is 9.98. The van der Waals surface area contributed by atoms with Crippen LogP contribution >= 0.6 is 0 Å². The van der Waals surface area contributed by atoms with Crippen molar-refractivity contribution in [1.82, 2.24) is 20.2 Å². The number of aryl methyl sites for hydroxylation is 1. The molecule has 0 saturated heterocycles. The Morgan fingerprint density at radius 2 is 1.83 bits per heavy atom. The highest BCUT2D eigenvalue weighted by atomic mass is 16.1. The lowest BCUT2D eigenvalue weighted by Gasteiger charge is -2.18. The number of aromatic nitrogens is 2. The summed E-state index contributed by atoms with van der Waals surface area (Å²) < 4.78 is 0. The number of H-pyrrole nitrogens is 1. The Morgan fingerprint density at radius 3 is 2.62 bits per heavy atom. The van der Waals surface area contributed by atoms with Crippen LogP contribution in [-0.4, -0.2) is 33.9 Å². The van der Waals surface area contributed by atoms with E-state index in [0.717, 1.165) is 25.2 Å². The van der Waals surface area contributed by atoms with E-state index in [1.807, 2.05) is 24.3 Å². The lowest BCUT2D eigenvalue weighted by Crippen LogP contribution is -2.24. The van der Waals surface area contributed by atoms with Gasteiger partial charge in [0.15, 0.2) is 0 Å². The number of amides is 1. The van der Waals surface area contributed by atoms with Crippen molar-refractivity contribution >= 4 is 16.8 Å². The first-order valence-electron chi connectivity index (χ1n) is 10.1. The van der Waals surface area contributed by atoms with Crippen LogP contribution < -0.4 is 10.9 Å². The van der Waals surface area contributed by atoms with E-state index in [9.17, 15) is 9.59 Å². The summed E-state index contributed by atoms with van der Waals surface area (Å²) in [7, 11) is 0. The molecule has 6 nitrogen and oxygen atoms in total. The molecule has 3 aromatic rings. The lowest BCUT2D eigenvalue weighted by atomic mass is 10.1. The first-order valence-corrected chi connectivity index (χ1v) is 10.1. The predicted octanol–water partition coefficient (Wildman–Crippen LogP) is 3.01. The van der Waals surface area contributed by atoms with Gasteiger partial charge in [0.1, 0.15) is 5.82 Å². The van der Waals surface area contributed by atoms with Crippen molar-refractivity contribution in [3.05, 3.63) is 75.8 Å². The molecule has 0 bridgehead atoms. The fourth-order valence-corrected chi connectivity index (χ4v) is 3.32. The van der Waals surface area contributed by atoms with Crippen LogP contribution in [0.1, 0.15) is 37.2 Å². The first kappa shape index (κ1) is 20.7. The zero-order valence-electron chi connectivity index (χ0n) is 17.1. The average Bonchev–Trinajstić information content (AvgIpc) is 2.75. The first-order chi connectivity index (χ1) is 14.1. The number of nitrogens with one attached hydrogen (secondary N) is 2. The standard InChI is InChI=1S/C23H28N4O2/c1-3-27(4-2)16-18-9-7-8-17(14-18)15-24-22(28)13-12-21-25-20-11-6-5-10-19(20)23(29)26-21/h5-11,14H,3-4,12-13,15-16H2,1-2H3,(H,24,28)(H,25,26,29). The van der Waals surface area contributed by atoms with Gasteiger partial charge < -0.3 is 10.3 Å². The summed E-state index contributed by atoms with van der Waals surface area (Å²) in [6.07, 6.45) is 0.675. The molecule has 0 aliphatic carbocycles. The summed E-state index contributed by atoms with van der Waals surface area (Å²) in [6, 6.07) is 15.5. The van der Waals surface area contributed by atoms with Crippen molar-refractivity contribution < 1.29 is 4.79 Å². The molecule has 3 rings (SSSR count). The van der Waals surface area contributed by atoms with Crippen LogP contribution in [0.15, 0.2) is 53.3 Å². The van der Waals surface area contributed by atoms with E-state index in [1.165, 1.54) is 5.56 Å². The van der Waals surface area contributed by atoms with Gasteiger partial charge in [0, 0.05) is 25.9 Å². The number of hydrogen-bond donors (Lipinski definition) is 2. The molecular weight excluding hydrogens is 364 g/mol. The van der Waals surface area contributed by atoms with Gasteiger partial charge in [0.2, 0.25) is 5.91 Å². The van der Waals surface area contributed by atoms with Crippen LogP contribution in [0.5, 0.6) is 0 Å². The smallest absolute Gasteiger partial charge is 0.258 e. The van der Waals surface area contributed by atoms with Crippen LogP contribution in [0.2, 0.25) is 0 Å². The zero-order chi connectivity index (χ0) is 20.6. The highest BCUT2D eigenvalue weighted by Crippen LogP contribution is 2.09. The number of aromatic amines is 1. The van der Waals surface area contributed by atoms with Crippen LogP contribution in [0, 0.1) is 0 Å². The summed E-state index contributed by atoms with van der Waals surface area (Å²) >= 11 is 0. The molecule has 0 radical (unpaired) electrons. The number of rotatable bonds is 9. The maximum atomic E-state index is 12.3. The number of para-hydroxylation sites is 1. The van der Waals surface area contributed by atoms with Gasteiger partial charge in [-0.05, 0) is 36.3 Å². The van der Waals surface area contributed by atoms with Gasteiger partial charge in [-0.25, -0.2) is 4.98 Å². The van der Waals surface area contributed by atoms with Gasteiger partial charge in [-0.2, -0.15) is 0 Å². The molecule has 1 amide bonds. The highest BCUT2D eigenvalue weighted by molar-refractivity contribution is 5.78. The third-order valence-electron chi connectivity index (χ3n) is 5.03. The predicted molar refractivity (Wildman–Crippen MR) is 116 cm³/mol. The second-order valence-electron chi connectivity index (χ2n) is 7.09. The normalized spacial score (nSPS) is 11.1. The lowest BCUT2D eigenvalue weighted by molar-refractivity contribution is -0.121. The van der Waals surface area contributed by atoms with Crippen molar-refractivity contribution in [2.75, 3.05) is 13.1 Å². The molecular formula is C23H28N4O2. The maximum Gasteiger partial charge on any atom is 0.258 e. The van der Waals surface area contributed by atoms with Crippen molar-refractivity contribution in [3.8, 4) is 0 Å². The molecule has 1 aromatic heterocycles. The Kier molecular flexibility index (Phi) is 7.14. The van der Waals surface area contributed by atoms with Gasteiger partial charge in [-0.1, -0.05) is 50.2 Å². The number of carbonyl (C=O) groups excluding carboxylic acids is 1. The summed E-state index contributed by atoms with van der Waals surface area (Å²) in [4.78, 5) is 33.9. The van der Waals surface area contributed by atoms with Gasteiger partial charge in [0.25, 0.3) is 5.56 Å². The molecule has 29 heavy (non-hydrogen) atoms. The molecule has 0 fully saturated rings. The summed E-state index contributed by atoms with van der Waals surface area (Å²) in [5, 5.41) is 3.52. The molecule has 0 aliphatic rings. The molecule has 0 aliphatic heterocycles. The van der Waals surface area contributed by atoms with Crippen molar-refractivity contribution in [1.29, 1.82) is 0 Å². The molecule has 2 N–H and O–H groups in total. The second-order valence-corrected chi connectivity index (χ2v) is 7.09. The molecule has 0 atom stereocenters. The van der Waals surface area contributed by atoms with Crippen molar-refractivity contribution in [2.45, 2.75) is 39.8 Å². The Bertz CT molecular complexity index is 1020. The Balaban J connectivity index is 1.53. The number of fused-ring (bicyclic) bond motifs is 1. The fourth-order valence-electron chi connectivity index (χ4n) is 3.32. The summed E-state index contributed by atoms with van der Waals surface area (Å²) in [5.74, 6) is 0.472. The van der Waals surface area contributed by atoms with Gasteiger partial charge >= 0.3 is 0 Å². The minimum atomic E-state index is -0.170. The minimum Gasteiger partial charge on any atom is -0.352 e. The number of carbonyl (C=O) groups is 1. The molecule has 6 heteroatoms. The van der Waals surface area contributed by atoms with Gasteiger partial charge in [0.05, 0.1) is 10.9 Å². The minimum absolute atomic E-state index is 0.0602. The van der Waals surface area contributed by atoms with Gasteiger partial charge in [-0.3, -0.25) is 14.5 Å². The summed E-state index contributed by atoms with van der Waals surface area (Å²) in [5.41, 5.74) is 2.81. The number of benzene rings is 2. The molecule has 0 saturated carbocycles. The topological polar surface area (TPSA) is 78.1 Å². The van der Waals surface area contributed by atoms with E-state index in [-0.39, 0.29) is 17.9 Å². The van der Waals surface area contributed by atoms with E-state index >= 15 is 0 Å². The average molecular weight is 393 g/mol. The van der Waals surface area contributed by atoms with Crippen LogP contribution in [0.4, 0.5) is 0 Å². The molecule has 2 aromatic carbocycles. The number of hydrogen-bond acceptors (Lipinski definition) is 4. The highest BCUT2D eigenvalue weighted by Gasteiger charge is 2.07. The monoisotopic (exact) mass is 392 g/mol.